The third-order valence-corrected chi connectivity index (χ3v) is 4.73. The Morgan fingerprint density at radius 2 is 1.90 bits per heavy atom. The predicted octanol–water partition coefficient (Wildman–Crippen LogP) is 4.03. The topological polar surface area (TPSA) is 105 Å². The zero-order valence-corrected chi connectivity index (χ0v) is 16.3. The molecule has 0 aliphatic carbocycles. The molecule has 0 atom stereocenters. The van der Waals surface area contributed by atoms with Crippen molar-refractivity contribution in [1.29, 1.82) is 0 Å². The van der Waals surface area contributed by atoms with Gasteiger partial charge in [0.05, 0.1) is 11.8 Å². The quantitative estimate of drug-likeness (QED) is 0.445. The van der Waals surface area contributed by atoms with Gasteiger partial charge in [-0.2, -0.15) is 0 Å². The van der Waals surface area contributed by atoms with Crippen LogP contribution in [-0.4, -0.2) is 36.7 Å². The van der Waals surface area contributed by atoms with Crippen molar-refractivity contribution in [2.24, 2.45) is 0 Å². The number of aryl methyl sites for hydroxylation is 1. The maximum atomic E-state index is 5.89. The summed E-state index contributed by atoms with van der Waals surface area (Å²) < 4.78 is 5.89. The van der Waals surface area contributed by atoms with Crippen LogP contribution in [0.2, 0.25) is 0 Å². The third-order valence-electron chi connectivity index (χ3n) is 4.73. The van der Waals surface area contributed by atoms with Crippen molar-refractivity contribution >= 4 is 16.7 Å². The molecule has 0 unspecified atom stereocenters. The molecular weight excluding hydrogens is 378 g/mol. The van der Waals surface area contributed by atoms with Gasteiger partial charge in [-0.15, -0.1) is 10.2 Å². The Balaban J connectivity index is 1.47. The van der Waals surface area contributed by atoms with Crippen LogP contribution in [0.25, 0.3) is 34.1 Å². The summed E-state index contributed by atoms with van der Waals surface area (Å²) in [6.07, 6.45) is 4.29. The van der Waals surface area contributed by atoms with Crippen LogP contribution in [0.1, 0.15) is 11.3 Å². The van der Waals surface area contributed by atoms with Crippen LogP contribution < -0.4 is 5.32 Å². The van der Waals surface area contributed by atoms with E-state index in [4.69, 9.17) is 4.42 Å². The van der Waals surface area contributed by atoms with E-state index in [2.05, 4.69) is 35.5 Å². The van der Waals surface area contributed by atoms with Gasteiger partial charge in [0.15, 0.2) is 0 Å². The van der Waals surface area contributed by atoms with E-state index in [0.29, 0.717) is 18.3 Å². The zero-order valence-electron chi connectivity index (χ0n) is 16.3. The molecule has 30 heavy (non-hydrogen) atoms. The highest BCUT2D eigenvalue weighted by Crippen LogP contribution is 2.26. The molecule has 3 heterocycles. The second-order valence-electron chi connectivity index (χ2n) is 6.95. The lowest BCUT2D eigenvalue weighted by molar-refractivity contribution is 0.579. The van der Waals surface area contributed by atoms with Crippen molar-refractivity contribution < 1.29 is 4.42 Å². The monoisotopic (exact) mass is 397 g/mol. The minimum atomic E-state index is 0.286. The number of nitrogens with one attached hydrogen (secondary N) is 2. The van der Waals surface area contributed by atoms with Crippen molar-refractivity contribution in [2.75, 3.05) is 11.9 Å². The molecule has 3 aromatic heterocycles. The highest BCUT2D eigenvalue weighted by molar-refractivity contribution is 5.90. The Kier molecular flexibility index (Phi) is 4.65. The fourth-order valence-corrected chi connectivity index (χ4v) is 3.25. The minimum absolute atomic E-state index is 0.286. The number of para-hydroxylation sites is 1. The molecule has 8 nitrogen and oxygen atoms in total. The number of fused-ring (bicyclic) bond motifs is 1. The number of H-pyrrole nitrogens is 1. The lowest BCUT2D eigenvalue weighted by Crippen LogP contribution is -2.08. The average Bonchev–Trinajstić information content (AvgIpc) is 3.46. The van der Waals surface area contributed by atoms with Crippen LogP contribution in [0.4, 0.5) is 5.82 Å². The second kappa shape index (κ2) is 7.75. The maximum Gasteiger partial charge on any atom is 0.286 e. The van der Waals surface area contributed by atoms with E-state index < -0.39 is 0 Å². The molecule has 5 aromatic rings. The number of hydrogen-bond acceptors (Lipinski definition) is 7. The van der Waals surface area contributed by atoms with Gasteiger partial charge in [-0.1, -0.05) is 29.8 Å². The largest absolute Gasteiger partial charge is 0.413 e. The molecule has 0 saturated carbocycles. The number of nitrogens with zero attached hydrogens (tertiary/aromatic N) is 5. The summed E-state index contributed by atoms with van der Waals surface area (Å²) in [4.78, 5) is 16.4. The van der Waals surface area contributed by atoms with E-state index in [0.717, 1.165) is 40.0 Å². The lowest BCUT2D eigenvalue weighted by Gasteiger charge is -2.09. The smallest absolute Gasteiger partial charge is 0.286 e. The molecule has 0 aliphatic heterocycles. The molecular formula is C22H19N7O. The number of aromatic nitrogens is 6. The van der Waals surface area contributed by atoms with E-state index in [1.165, 1.54) is 0 Å². The van der Waals surface area contributed by atoms with E-state index in [-0.39, 0.29) is 5.89 Å². The molecule has 0 fully saturated rings. The second-order valence-corrected chi connectivity index (χ2v) is 6.95. The van der Waals surface area contributed by atoms with Gasteiger partial charge in [0, 0.05) is 35.8 Å². The summed E-state index contributed by atoms with van der Waals surface area (Å²) in [6, 6.07) is 15.8. The summed E-state index contributed by atoms with van der Waals surface area (Å²) in [5.41, 5.74) is 3.85. The maximum absolute atomic E-state index is 5.89. The predicted molar refractivity (Wildman–Crippen MR) is 114 cm³/mol. The van der Waals surface area contributed by atoms with Gasteiger partial charge < -0.3 is 14.7 Å². The van der Waals surface area contributed by atoms with Crippen molar-refractivity contribution in [3.63, 3.8) is 0 Å². The molecule has 2 aromatic carbocycles. The molecule has 0 spiro atoms. The van der Waals surface area contributed by atoms with Gasteiger partial charge in [-0.3, -0.25) is 0 Å². The van der Waals surface area contributed by atoms with E-state index >= 15 is 0 Å². The number of hydrogen-bond donors (Lipinski definition) is 2. The Morgan fingerprint density at radius 3 is 2.77 bits per heavy atom. The minimum Gasteiger partial charge on any atom is -0.413 e. The van der Waals surface area contributed by atoms with Crippen molar-refractivity contribution in [3.8, 4) is 23.2 Å². The van der Waals surface area contributed by atoms with Crippen molar-refractivity contribution in [3.05, 3.63) is 72.3 Å². The zero-order chi connectivity index (χ0) is 20.3. The van der Waals surface area contributed by atoms with Crippen LogP contribution in [0.3, 0.4) is 0 Å². The molecule has 0 amide bonds. The molecule has 0 radical (unpaired) electrons. The Labute approximate surface area is 172 Å². The average molecular weight is 397 g/mol. The summed E-state index contributed by atoms with van der Waals surface area (Å²) in [5, 5.41) is 12.7. The van der Waals surface area contributed by atoms with Crippen LogP contribution >= 0.6 is 0 Å². The standard InChI is InChI=1S/C22H19N7O/c1-14-5-4-6-15(11-14)21-28-29-22(30-21)20-26-18-8-3-2-7-17(18)19(27-20)24-10-9-16-12-23-13-25-16/h2-8,11-13H,9-10H2,1H3,(H,23,25)(H,24,26,27). The van der Waals surface area contributed by atoms with Gasteiger partial charge >= 0.3 is 0 Å². The normalized spacial score (nSPS) is 11.1. The van der Waals surface area contributed by atoms with E-state index in [1.54, 1.807) is 6.33 Å². The summed E-state index contributed by atoms with van der Waals surface area (Å²) >= 11 is 0. The Bertz CT molecular complexity index is 1290. The van der Waals surface area contributed by atoms with Gasteiger partial charge in [0.25, 0.3) is 5.89 Å². The van der Waals surface area contributed by atoms with Gasteiger partial charge in [-0.05, 0) is 31.2 Å². The number of imidazole rings is 1. The first kappa shape index (κ1) is 18.0. The Morgan fingerprint density at radius 1 is 1.00 bits per heavy atom. The molecule has 0 bridgehead atoms. The molecule has 8 heteroatoms. The number of benzene rings is 2. The molecule has 5 rings (SSSR count). The molecule has 0 aliphatic rings. The first-order valence-corrected chi connectivity index (χ1v) is 9.65. The van der Waals surface area contributed by atoms with Crippen LogP contribution in [0, 0.1) is 6.92 Å². The highest BCUT2D eigenvalue weighted by Gasteiger charge is 2.16. The molecule has 0 saturated heterocycles. The third kappa shape index (κ3) is 3.62. The SMILES string of the molecule is Cc1cccc(-c2nnc(-c3nc(NCCc4cnc[nH]4)c4ccccc4n3)o2)c1. The fraction of sp³-hybridized carbons (Fsp3) is 0.136. The number of anilines is 1. The lowest BCUT2D eigenvalue weighted by atomic mass is 10.1. The summed E-state index contributed by atoms with van der Waals surface area (Å²) in [5.74, 6) is 1.85. The van der Waals surface area contributed by atoms with Gasteiger partial charge in [0.1, 0.15) is 5.82 Å². The van der Waals surface area contributed by atoms with Crippen molar-refractivity contribution in [1.82, 2.24) is 30.1 Å². The highest BCUT2D eigenvalue weighted by atomic mass is 16.4. The summed E-state index contributed by atoms with van der Waals surface area (Å²) in [7, 11) is 0. The van der Waals surface area contributed by atoms with Gasteiger partial charge in [-0.25, -0.2) is 15.0 Å². The first-order valence-electron chi connectivity index (χ1n) is 9.65. The van der Waals surface area contributed by atoms with Crippen LogP contribution in [0.5, 0.6) is 0 Å². The van der Waals surface area contributed by atoms with Crippen molar-refractivity contribution in [2.45, 2.75) is 13.3 Å². The van der Waals surface area contributed by atoms with E-state index in [9.17, 15) is 0 Å². The van der Waals surface area contributed by atoms with E-state index in [1.807, 2.05) is 61.7 Å². The molecule has 148 valence electrons. The first-order chi connectivity index (χ1) is 14.8. The van der Waals surface area contributed by atoms with Gasteiger partial charge in [0.2, 0.25) is 11.7 Å². The fourth-order valence-electron chi connectivity index (χ4n) is 3.25. The Hall–Kier alpha value is -4.07. The number of aromatic amines is 1. The van der Waals surface area contributed by atoms with Crippen LogP contribution in [-0.2, 0) is 6.42 Å². The van der Waals surface area contributed by atoms with Crippen LogP contribution in [0.15, 0.2) is 65.5 Å². The molecule has 2 N–H and O–H groups in total. The number of rotatable bonds is 6. The summed E-state index contributed by atoms with van der Waals surface area (Å²) in [6.45, 7) is 2.72.